The molecule has 0 radical (unpaired) electrons. The van der Waals surface area contributed by atoms with Crippen LogP contribution in [0.25, 0.3) is 22.3 Å². The number of esters is 2. The molecular formula is C34H36N2O13. The van der Waals surface area contributed by atoms with E-state index in [0.29, 0.717) is 6.42 Å². The number of carbonyl (C=O) groups is 3. The van der Waals surface area contributed by atoms with Crippen molar-refractivity contribution in [3.63, 3.8) is 0 Å². The Balaban J connectivity index is 1.78. The summed E-state index contributed by atoms with van der Waals surface area (Å²) in [5.74, 6) is -8.74. The summed E-state index contributed by atoms with van der Waals surface area (Å²) in [6.07, 6.45) is 0.505. The second-order valence-electron chi connectivity index (χ2n) is 11.9. The van der Waals surface area contributed by atoms with Gasteiger partial charge < -0.3 is 39.8 Å². The standard InChI is InChI=1S/C34H36N2O13/c1-7-16(3)27-32(42)36(45)34(17(4)8-2,33(43)35(27)44)48-24-15-21(11-14-23(24)49-36)26-29(41)28(40)25(20-9-12-22(39)13-10-20)30(46-18(5)37)31(26)47-19(6)38/h9-17,39-42,44H,7-8H2,1-6H3/t16-,17-,34+,36-/m0/s1. The molecule has 5 N–H and O–H groups in total. The molecule has 0 bridgehead atoms. The van der Waals surface area contributed by atoms with Gasteiger partial charge in [-0.15, -0.1) is 0 Å². The van der Waals surface area contributed by atoms with E-state index in [2.05, 4.69) is 0 Å². The number of allylic oxidation sites excluding steroid dienone is 1. The fourth-order valence-corrected chi connectivity index (χ4v) is 5.96. The number of benzene rings is 3. The normalized spacial score (nSPS) is 21.1. The Hall–Kier alpha value is -5.51. The molecule has 5 rings (SSSR count). The Morgan fingerprint density at radius 2 is 1.41 bits per heavy atom. The number of aliphatic hydroxyl groups excluding tert-OH is 1. The molecule has 3 aromatic carbocycles. The van der Waals surface area contributed by atoms with Crippen molar-refractivity contribution in [3.05, 3.63) is 59.3 Å². The molecule has 49 heavy (non-hydrogen) atoms. The van der Waals surface area contributed by atoms with Crippen LogP contribution in [0.4, 0.5) is 0 Å². The Bertz CT molecular complexity index is 1890. The van der Waals surface area contributed by atoms with Crippen molar-refractivity contribution in [1.82, 2.24) is 5.06 Å². The first-order valence-corrected chi connectivity index (χ1v) is 15.4. The number of hydroxylamine groups is 6. The predicted octanol–water partition coefficient (Wildman–Crippen LogP) is 5.74. The highest BCUT2D eigenvalue weighted by molar-refractivity contribution is 5.96. The first-order valence-electron chi connectivity index (χ1n) is 15.4. The Kier molecular flexibility index (Phi) is 8.88. The van der Waals surface area contributed by atoms with Crippen molar-refractivity contribution in [2.24, 2.45) is 11.8 Å². The quantitative estimate of drug-likeness (QED) is 0.0480. The second-order valence-corrected chi connectivity index (χ2v) is 11.9. The van der Waals surface area contributed by atoms with E-state index in [0.717, 1.165) is 13.8 Å². The van der Waals surface area contributed by atoms with E-state index >= 15 is 0 Å². The number of nitrogens with zero attached hydrogens (tertiary/aromatic N) is 2. The maximum atomic E-state index is 14.6. The minimum Gasteiger partial charge on any atom is -0.578 e. The molecule has 1 amide bonds. The summed E-state index contributed by atoms with van der Waals surface area (Å²) in [6.45, 7) is 8.63. The maximum Gasteiger partial charge on any atom is 0.374 e. The van der Waals surface area contributed by atoms with Crippen molar-refractivity contribution < 1.29 is 63.9 Å². The lowest BCUT2D eigenvalue weighted by Crippen LogP contribution is -2.78. The van der Waals surface area contributed by atoms with Gasteiger partial charge in [0.05, 0.1) is 17.0 Å². The molecular weight excluding hydrogens is 644 g/mol. The van der Waals surface area contributed by atoms with Gasteiger partial charge in [0.15, 0.2) is 34.4 Å². The smallest absolute Gasteiger partial charge is 0.374 e. The number of hydrogen-bond donors (Lipinski definition) is 5. The summed E-state index contributed by atoms with van der Waals surface area (Å²) in [5, 5.41) is 69.7. The number of aliphatic hydroxyl groups is 1. The van der Waals surface area contributed by atoms with Gasteiger partial charge in [-0.25, -0.2) is 0 Å². The molecule has 15 heteroatoms. The number of aromatic hydroxyl groups is 3. The van der Waals surface area contributed by atoms with Gasteiger partial charge in [0.25, 0.3) is 0 Å². The van der Waals surface area contributed by atoms with Crippen LogP contribution < -0.4 is 19.0 Å². The van der Waals surface area contributed by atoms with Crippen molar-refractivity contribution in [2.45, 2.75) is 60.1 Å². The number of carbonyl (C=O) groups excluding carboxylic acids is 3. The fourth-order valence-electron chi connectivity index (χ4n) is 5.96. The fraction of sp³-hybridized carbons (Fsp3) is 0.324. The number of amides is 1. The van der Waals surface area contributed by atoms with Crippen molar-refractivity contribution in [3.8, 4) is 62.5 Å². The van der Waals surface area contributed by atoms with Crippen LogP contribution in [0.2, 0.25) is 0 Å². The van der Waals surface area contributed by atoms with Gasteiger partial charge in [0.2, 0.25) is 5.75 Å². The molecule has 0 saturated heterocycles. The van der Waals surface area contributed by atoms with Gasteiger partial charge in [-0.05, 0) is 54.3 Å². The van der Waals surface area contributed by atoms with E-state index < -0.39 is 69.1 Å². The van der Waals surface area contributed by atoms with Crippen molar-refractivity contribution in [2.75, 3.05) is 0 Å². The molecule has 4 atom stereocenters. The highest BCUT2D eigenvalue weighted by Gasteiger charge is 2.72. The third kappa shape index (κ3) is 5.31. The van der Waals surface area contributed by atoms with Gasteiger partial charge in [-0.1, -0.05) is 44.6 Å². The van der Waals surface area contributed by atoms with Crippen molar-refractivity contribution in [1.29, 1.82) is 0 Å². The van der Waals surface area contributed by atoms with E-state index in [-0.39, 0.29) is 56.7 Å². The highest BCUT2D eigenvalue weighted by Crippen LogP contribution is 2.58. The van der Waals surface area contributed by atoms with Crippen LogP contribution in [0.3, 0.4) is 0 Å². The van der Waals surface area contributed by atoms with Crippen LogP contribution in [-0.4, -0.2) is 59.1 Å². The van der Waals surface area contributed by atoms with E-state index in [1.54, 1.807) is 20.8 Å². The third-order valence-electron chi connectivity index (χ3n) is 8.76. The summed E-state index contributed by atoms with van der Waals surface area (Å²) in [7, 11) is 0. The van der Waals surface area contributed by atoms with Crippen LogP contribution >= 0.6 is 0 Å². The summed E-state index contributed by atoms with van der Waals surface area (Å²) in [6, 6.07) is 9.02. The second kappa shape index (κ2) is 12.5. The SMILES string of the molecule is CC[C@H](C)C1=C(O)[N@+]2([O-])Oc3ccc(-c4c(O)c(O)c(-c5ccc(O)cc5)c(OC(C)=O)c4OC(C)=O)cc3O[C@]2([C@@H](C)CC)C(=O)N1O. The van der Waals surface area contributed by atoms with Gasteiger partial charge in [-0.3, -0.25) is 24.4 Å². The molecule has 260 valence electrons. The minimum atomic E-state index is -2.59. The Morgan fingerprint density at radius 1 is 0.878 bits per heavy atom. The molecule has 15 nitrogen and oxygen atoms in total. The van der Waals surface area contributed by atoms with Gasteiger partial charge in [0, 0.05) is 19.8 Å². The van der Waals surface area contributed by atoms with Crippen LogP contribution in [0.5, 0.6) is 40.2 Å². The molecule has 0 saturated carbocycles. The lowest BCUT2D eigenvalue weighted by molar-refractivity contribution is -1.08. The van der Waals surface area contributed by atoms with E-state index in [9.17, 15) is 45.2 Å². The predicted molar refractivity (Wildman–Crippen MR) is 170 cm³/mol. The number of phenolic OH excluding ortho intramolecular Hbond substituents is 3. The summed E-state index contributed by atoms with van der Waals surface area (Å²) in [5.41, 5.74) is -3.41. The molecule has 0 aliphatic carbocycles. The zero-order chi connectivity index (χ0) is 36.2. The van der Waals surface area contributed by atoms with Crippen LogP contribution in [0.15, 0.2) is 54.0 Å². The monoisotopic (exact) mass is 680 g/mol. The number of phenols is 3. The van der Waals surface area contributed by atoms with E-state index in [1.807, 2.05) is 0 Å². The van der Waals surface area contributed by atoms with Gasteiger partial charge in [-0.2, -0.15) is 5.06 Å². The lowest BCUT2D eigenvalue weighted by atomic mass is 9.89. The third-order valence-corrected chi connectivity index (χ3v) is 8.76. The van der Waals surface area contributed by atoms with Crippen molar-refractivity contribution >= 4 is 17.8 Å². The number of hydrogen-bond acceptors (Lipinski definition) is 13. The Morgan fingerprint density at radius 3 is 1.92 bits per heavy atom. The minimum absolute atomic E-state index is 0.0357. The Labute approximate surface area is 280 Å². The first-order chi connectivity index (χ1) is 23.0. The zero-order valence-electron chi connectivity index (χ0n) is 27.5. The largest absolute Gasteiger partial charge is 0.578 e. The molecule has 0 spiro atoms. The molecule has 2 aliphatic rings. The highest BCUT2D eigenvalue weighted by atomic mass is 17.0. The molecule has 0 fully saturated rings. The molecule has 2 aliphatic heterocycles. The van der Waals surface area contributed by atoms with Gasteiger partial charge in [0.1, 0.15) is 5.75 Å². The summed E-state index contributed by atoms with van der Waals surface area (Å²) in [4.78, 5) is 42.3. The average molecular weight is 681 g/mol. The summed E-state index contributed by atoms with van der Waals surface area (Å²) < 4.78 is 17.1. The van der Waals surface area contributed by atoms with Crippen LogP contribution in [0.1, 0.15) is 54.4 Å². The first kappa shape index (κ1) is 34.8. The number of quaternary nitrogens is 1. The average Bonchev–Trinajstić information content (AvgIpc) is 3.05. The molecule has 0 aromatic heterocycles. The number of ether oxygens (including phenoxy) is 3. The van der Waals surface area contributed by atoms with Gasteiger partial charge >= 0.3 is 29.5 Å². The molecule has 0 unspecified atom stereocenters. The van der Waals surface area contributed by atoms with Crippen LogP contribution in [-0.2, 0) is 14.4 Å². The number of fused-ring (bicyclic) bond motifs is 2. The zero-order valence-corrected chi connectivity index (χ0v) is 27.5. The maximum absolute atomic E-state index is 14.6. The van der Waals surface area contributed by atoms with E-state index in [1.165, 1.54) is 49.4 Å². The lowest BCUT2D eigenvalue weighted by Gasteiger charge is -2.56. The summed E-state index contributed by atoms with van der Waals surface area (Å²) >= 11 is 0. The molecule has 3 aromatic rings. The molecule has 2 heterocycles. The van der Waals surface area contributed by atoms with E-state index in [4.69, 9.17) is 19.0 Å². The number of rotatable bonds is 8. The van der Waals surface area contributed by atoms with Crippen LogP contribution in [0, 0.1) is 17.0 Å². The topological polar surface area (TPSA) is 216 Å².